The standard InChI is InChI=1S/C18H13ClIN3O2S/c1-23(21-9-11-6-7-12(20)8-14(11)17(24)25)18-22-16(10-26-18)13-4-2-3-5-15(13)19/h2-10H,1H3,(H,24,25)/b21-9+. The van der Waals surface area contributed by atoms with Gasteiger partial charge in [0.05, 0.1) is 17.5 Å². The Balaban J connectivity index is 1.83. The van der Waals surface area contributed by atoms with Crippen LogP contribution in [0.25, 0.3) is 11.3 Å². The molecule has 5 nitrogen and oxygen atoms in total. The Kier molecular flexibility index (Phi) is 5.90. The van der Waals surface area contributed by atoms with Crippen molar-refractivity contribution in [2.45, 2.75) is 0 Å². The van der Waals surface area contributed by atoms with E-state index in [-0.39, 0.29) is 5.56 Å². The molecule has 0 radical (unpaired) electrons. The molecule has 8 heteroatoms. The molecule has 1 aromatic heterocycles. The molecule has 3 aromatic rings. The summed E-state index contributed by atoms with van der Waals surface area (Å²) in [5, 5.41) is 18.5. The molecule has 0 saturated heterocycles. The highest BCUT2D eigenvalue weighted by molar-refractivity contribution is 14.1. The smallest absolute Gasteiger partial charge is 0.336 e. The Morgan fingerprint density at radius 2 is 2.12 bits per heavy atom. The van der Waals surface area contributed by atoms with E-state index < -0.39 is 5.97 Å². The van der Waals surface area contributed by atoms with Gasteiger partial charge >= 0.3 is 5.97 Å². The predicted octanol–water partition coefficient (Wildman–Crippen LogP) is 5.24. The molecule has 1 heterocycles. The number of hydrogen-bond donors (Lipinski definition) is 1. The van der Waals surface area contributed by atoms with E-state index in [4.69, 9.17) is 11.6 Å². The number of anilines is 1. The van der Waals surface area contributed by atoms with E-state index in [9.17, 15) is 9.90 Å². The molecule has 0 unspecified atom stereocenters. The number of nitrogens with zero attached hydrogens (tertiary/aromatic N) is 3. The van der Waals surface area contributed by atoms with E-state index in [0.717, 1.165) is 14.8 Å². The highest BCUT2D eigenvalue weighted by Gasteiger charge is 2.12. The first-order valence-corrected chi connectivity index (χ1v) is 9.80. The normalized spacial score (nSPS) is 11.0. The minimum atomic E-state index is -0.983. The van der Waals surface area contributed by atoms with Crippen LogP contribution in [0, 0.1) is 3.57 Å². The van der Waals surface area contributed by atoms with Crippen molar-refractivity contribution in [1.29, 1.82) is 0 Å². The zero-order valence-corrected chi connectivity index (χ0v) is 17.3. The SMILES string of the molecule is CN(/N=C/c1ccc(I)cc1C(=O)O)c1nc(-c2ccccc2Cl)cs1. The van der Waals surface area contributed by atoms with Gasteiger partial charge in [-0.25, -0.2) is 14.8 Å². The fraction of sp³-hybridized carbons (Fsp3) is 0.0556. The van der Waals surface area contributed by atoms with Crippen LogP contribution in [0.5, 0.6) is 0 Å². The molecule has 0 saturated carbocycles. The maximum absolute atomic E-state index is 11.4. The number of hydrogen-bond acceptors (Lipinski definition) is 5. The second-order valence-electron chi connectivity index (χ2n) is 5.30. The number of hydrazone groups is 1. The molecular weight excluding hydrogens is 485 g/mol. The maximum Gasteiger partial charge on any atom is 0.336 e. The van der Waals surface area contributed by atoms with Gasteiger partial charge in [0.15, 0.2) is 0 Å². The van der Waals surface area contributed by atoms with E-state index in [0.29, 0.717) is 15.7 Å². The zero-order chi connectivity index (χ0) is 18.7. The lowest BCUT2D eigenvalue weighted by molar-refractivity contribution is 0.0696. The molecule has 1 N–H and O–H groups in total. The third-order valence-electron chi connectivity index (χ3n) is 3.53. The number of carboxylic acid groups (broad SMARTS) is 1. The Morgan fingerprint density at radius 1 is 1.35 bits per heavy atom. The van der Waals surface area contributed by atoms with Crippen LogP contribution >= 0.6 is 45.5 Å². The van der Waals surface area contributed by atoms with Crippen molar-refractivity contribution < 1.29 is 9.90 Å². The summed E-state index contributed by atoms with van der Waals surface area (Å²) in [5.74, 6) is -0.983. The second-order valence-corrected chi connectivity index (χ2v) is 7.79. The number of benzene rings is 2. The molecule has 2 aromatic carbocycles. The van der Waals surface area contributed by atoms with Gasteiger partial charge in [-0.2, -0.15) is 5.10 Å². The molecule has 0 fully saturated rings. The van der Waals surface area contributed by atoms with Gasteiger partial charge in [0, 0.05) is 32.1 Å². The quantitative estimate of drug-likeness (QED) is 0.298. The number of aromatic nitrogens is 1. The molecule has 0 aliphatic rings. The molecule has 132 valence electrons. The largest absolute Gasteiger partial charge is 0.478 e. The number of carboxylic acids is 1. The first-order valence-electron chi connectivity index (χ1n) is 7.46. The van der Waals surface area contributed by atoms with E-state index in [2.05, 4.69) is 32.7 Å². The van der Waals surface area contributed by atoms with Crippen molar-refractivity contribution >= 4 is 62.8 Å². The summed E-state index contributed by atoms with van der Waals surface area (Å²) in [5.41, 5.74) is 2.38. The fourth-order valence-corrected chi connectivity index (χ4v) is 3.70. The topological polar surface area (TPSA) is 65.8 Å². The highest BCUT2D eigenvalue weighted by atomic mass is 127. The summed E-state index contributed by atoms with van der Waals surface area (Å²) in [6, 6.07) is 12.7. The molecule has 3 rings (SSSR count). The summed E-state index contributed by atoms with van der Waals surface area (Å²) in [6.07, 6.45) is 1.52. The molecule has 0 spiro atoms. The monoisotopic (exact) mass is 497 g/mol. The Hall–Kier alpha value is -1.97. The van der Waals surface area contributed by atoms with Gasteiger partial charge in [-0.05, 0) is 40.8 Å². The second kappa shape index (κ2) is 8.15. The van der Waals surface area contributed by atoms with Crippen molar-refractivity contribution in [2.75, 3.05) is 12.1 Å². The molecule has 0 amide bonds. The van der Waals surface area contributed by atoms with Crippen LogP contribution < -0.4 is 5.01 Å². The van der Waals surface area contributed by atoms with Crippen molar-refractivity contribution in [2.24, 2.45) is 5.10 Å². The van der Waals surface area contributed by atoms with E-state index in [1.54, 1.807) is 24.2 Å². The van der Waals surface area contributed by atoms with E-state index >= 15 is 0 Å². The lowest BCUT2D eigenvalue weighted by Gasteiger charge is -2.09. The summed E-state index contributed by atoms with van der Waals surface area (Å²) < 4.78 is 0.856. The van der Waals surface area contributed by atoms with Crippen molar-refractivity contribution in [3.05, 3.63) is 67.6 Å². The van der Waals surface area contributed by atoms with Crippen molar-refractivity contribution in [3.63, 3.8) is 0 Å². The molecule has 26 heavy (non-hydrogen) atoms. The minimum Gasteiger partial charge on any atom is -0.478 e. The number of thiazole rings is 1. The van der Waals surface area contributed by atoms with Gasteiger partial charge in [-0.15, -0.1) is 11.3 Å². The molecule has 0 aliphatic carbocycles. The zero-order valence-electron chi connectivity index (χ0n) is 13.6. The van der Waals surface area contributed by atoms with Gasteiger partial charge in [-0.1, -0.05) is 35.9 Å². The number of halogens is 2. The summed E-state index contributed by atoms with van der Waals surface area (Å²) in [4.78, 5) is 15.9. The van der Waals surface area contributed by atoms with Crippen LogP contribution in [0.1, 0.15) is 15.9 Å². The van der Waals surface area contributed by atoms with E-state index in [1.807, 2.05) is 35.7 Å². The average molecular weight is 498 g/mol. The average Bonchev–Trinajstić information content (AvgIpc) is 3.10. The van der Waals surface area contributed by atoms with Gasteiger partial charge in [0.1, 0.15) is 0 Å². The summed E-state index contributed by atoms with van der Waals surface area (Å²) in [6.45, 7) is 0. The fourth-order valence-electron chi connectivity index (χ4n) is 2.23. The van der Waals surface area contributed by atoms with Gasteiger partial charge in [0.25, 0.3) is 0 Å². The molecule has 0 bridgehead atoms. The van der Waals surface area contributed by atoms with Crippen LogP contribution in [-0.4, -0.2) is 29.3 Å². The molecular formula is C18H13ClIN3O2S. The lowest BCUT2D eigenvalue weighted by Crippen LogP contribution is -2.10. The van der Waals surface area contributed by atoms with E-state index in [1.165, 1.54) is 17.6 Å². The van der Waals surface area contributed by atoms with Gasteiger partial charge < -0.3 is 5.11 Å². The third kappa shape index (κ3) is 4.22. The van der Waals surface area contributed by atoms with Gasteiger partial charge in [-0.3, -0.25) is 0 Å². The van der Waals surface area contributed by atoms with Gasteiger partial charge in [0.2, 0.25) is 5.13 Å². The Bertz CT molecular complexity index is 990. The lowest BCUT2D eigenvalue weighted by atomic mass is 10.1. The number of rotatable bonds is 5. The first-order chi connectivity index (χ1) is 12.5. The van der Waals surface area contributed by atoms with Crippen LogP contribution in [-0.2, 0) is 0 Å². The first kappa shape index (κ1) is 18.8. The summed E-state index contributed by atoms with van der Waals surface area (Å²) >= 11 is 9.73. The summed E-state index contributed by atoms with van der Waals surface area (Å²) in [7, 11) is 1.76. The highest BCUT2D eigenvalue weighted by Crippen LogP contribution is 2.31. The van der Waals surface area contributed by atoms with Crippen LogP contribution in [0.15, 0.2) is 52.9 Å². The maximum atomic E-state index is 11.4. The number of carbonyl (C=O) groups is 1. The van der Waals surface area contributed by atoms with Crippen LogP contribution in [0.2, 0.25) is 5.02 Å². The van der Waals surface area contributed by atoms with Crippen molar-refractivity contribution in [3.8, 4) is 11.3 Å². The molecule has 0 aliphatic heterocycles. The Labute approximate surface area is 173 Å². The third-order valence-corrected chi connectivity index (χ3v) is 5.44. The predicted molar refractivity (Wildman–Crippen MR) is 115 cm³/mol. The van der Waals surface area contributed by atoms with Crippen LogP contribution in [0.3, 0.4) is 0 Å². The van der Waals surface area contributed by atoms with Crippen LogP contribution in [0.4, 0.5) is 5.13 Å². The van der Waals surface area contributed by atoms with Crippen molar-refractivity contribution in [1.82, 2.24) is 4.98 Å². The Morgan fingerprint density at radius 3 is 2.85 bits per heavy atom. The molecule has 0 atom stereocenters. The minimum absolute atomic E-state index is 0.213. The number of aromatic carboxylic acids is 1.